The lowest BCUT2D eigenvalue weighted by atomic mass is 10.1. The van der Waals surface area contributed by atoms with Gasteiger partial charge in [-0.2, -0.15) is 0 Å². The summed E-state index contributed by atoms with van der Waals surface area (Å²) in [4.78, 5) is 18.4. The Hall–Kier alpha value is -1.94. The standard InChI is InChI=1S/C15H16N2O2/c18-10-11-5-7-17(9-11)15(19)13-3-4-14-12(8-13)2-1-6-16-14/h1-4,6,8,11,18H,5,7,9-10H2. The highest BCUT2D eigenvalue weighted by molar-refractivity contribution is 5.98. The lowest BCUT2D eigenvalue weighted by Gasteiger charge is -2.16. The summed E-state index contributed by atoms with van der Waals surface area (Å²) in [5, 5.41) is 10.1. The third kappa shape index (κ3) is 2.31. The number of benzene rings is 1. The number of aliphatic hydroxyl groups is 1. The molecule has 1 aliphatic heterocycles. The predicted octanol–water partition coefficient (Wildman–Crippen LogP) is 1.69. The van der Waals surface area contributed by atoms with E-state index >= 15 is 0 Å². The Labute approximate surface area is 111 Å². The van der Waals surface area contributed by atoms with E-state index in [4.69, 9.17) is 5.11 Å². The molecule has 4 nitrogen and oxygen atoms in total. The summed E-state index contributed by atoms with van der Waals surface area (Å²) in [5.41, 5.74) is 1.59. The van der Waals surface area contributed by atoms with Crippen molar-refractivity contribution in [2.75, 3.05) is 19.7 Å². The summed E-state index contributed by atoms with van der Waals surface area (Å²) in [5.74, 6) is 0.271. The largest absolute Gasteiger partial charge is 0.396 e. The molecule has 2 aromatic rings. The molecule has 1 unspecified atom stereocenters. The highest BCUT2D eigenvalue weighted by Crippen LogP contribution is 2.20. The van der Waals surface area contributed by atoms with E-state index in [-0.39, 0.29) is 18.4 Å². The molecule has 98 valence electrons. The van der Waals surface area contributed by atoms with E-state index in [1.54, 1.807) is 6.20 Å². The Morgan fingerprint density at radius 1 is 1.42 bits per heavy atom. The zero-order valence-corrected chi connectivity index (χ0v) is 10.6. The fraction of sp³-hybridized carbons (Fsp3) is 0.333. The molecule has 3 rings (SSSR count). The van der Waals surface area contributed by atoms with Crippen molar-refractivity contribution in [2.45, 2.75) is 6.42 Å². The van der Waals surface area contributed by atoms with Gasteiger partial charge in [0.1, 0.15) is 0 Å². The number of pyridine rings is 1. The predicted molar refractivity (Wildman–Crippen MR) is 72.8 cm³/mol. The van der Waals surface area contributed by atoms with Crippen molar-refractivity contribution in [1.82, 2.24) is 9.88 Å². The van der Waals surface area contributed by atoms with Crippen molar-refractivity contribution in [3.8, 4) is 0 Å². The fourth-order valence-corrected chi connectivity index (χ4v) is 2.56. The lowest BCUT2D eigenvalue weighted by molar-refractivity contribution is 0.0782. The van der Waals surface area contributed by atoms with Gasteiger partial charge in [0, 0.05) is 42.8 Å². The van der Waals surface area contributed by atoms with Crippen LogP contribution in [-0.4, -0.2) is 40.6 Å². The summed E-state index contributed by atoms with van der Waals surface area (Å²) < 4.78 is 0. The lowest BCUT2D eigenvalue weighted by Crippen LogP contribution is -2.29. The number of nitrogens with zero attached hydrogens (tertiary/aromatic N) is 2. The Morgan fingerprint density at radius 2 is 2.32 bits per heavy atom. The van der Waals surface area contributed by atoms with Crippen LogP contribution in [0.25, 0.3) is 10.9 Å². The summed E-state index contributed by atoms with van der Waals surface area (Å²) in [6, 6.07) is 9.41. The SMILES string of the molecule is O=C(c1ccc2ncccc2c1)N1CCC(CO)C1. The third-order valence-electron chi connectivity index (χ3n) is 3.68. The second-order valence-corrected chi connectivity index (χ2v) is 5.00. The van der Waals surface area contributed by atoms with Gasteiger partial charge in [-0.3, -0.25) is 9.78 Å². The molecule has 0 radical (unpaired) electrons. The van der Waals surface area contributed by atoms with Crippen molar-refractivity contribution >= 4 is 16.8 Å². The van der Waals surface area contributed by atoms with Gasteiger partial charge in [-0.25, -0.2) is 0 Å². The van der Waals surface area contributed by atoms with Crippen LogP contribution in [-0.2, 0) is 0 Å². The summed E-state index contributed by atoms with van der Waals surface area (Å²) in [6.07, 6.45) is 2.63. The Kier molecular flexibility index (Phi) is 3.17. The molecule has 19 heavy (non-hydrogen) atoms. The summed E-state index contributed by atoms with van der Waals surface area (Å²) >= 11 is 0. The first-order valence-electron chi connectivity index (χ1n) is 6.53. The number of aromatic nitrogens is 1. The van der Waals surface area contributed by atoms with E-state index in [2.05, 4.69) is 4.98 Å². The minimum atomic E-state index is 0.0432. The van der Waals surface area contributed by atoms with Crippen LogP contribution in [0.1, 0.15) is 16.8 Å². The van der Waals surface area contributed by atoms with E-state index in [9.17, 15) is 4.79 Å². The van der Waals surface area contributed by atoms with Crippen LogP contribution in [0.4, 0.5) is 0 Å². The quantitative estimate of drug-likeness (QED) is 0.889. The van der Waals surface area contributed by atoms with Crippen molar-refractivity contribution < 1.29 is 9.90 Å². The molecule has 1 N–H and O–H groups in total. The van der Waals surface area contributed by atoms with Gasteiger partial charge in [-0.1, -0.05) is 6.07 Å². The zero-order chi connectivity index (χ0) is 13.2. The van der Waals surface area contributed by atoms with Gasteiger partial charge >= 0.3 is 0 Å². The van der Waals surface area contributed by atoms with Gasteiger partial charge in [0.25, 0.3) is 5.91 Å². The van der Waals surface area contributed by atoms with Crippen LogP contribution < -0.4 is 0 Å². The van der Waals surface area contributed by atoms with Gasteiger partial charge in [-0.15, -0.1) is 0 Å². The molecule has 1 fully saturated rings. The second kappa shape index (κ2) is 4.97. The number of aliphatic hydroxyl groups excluding tert-OH is 1. The number of hydrogen-bond acceptors (Lipinski definition) is 3. The zero-order valence-electron chi connectivity index (χ0n) is 10.6. The highest BCUT2D eigenvalue weighted by Gasteiger charge is 2.26. The Morgan fingerprint density at radius 3 is 3.11 bits per heavy atom. The number of amides is 1. The maximum atomic E-state index is 12.4. The van der Waals surface area contributed by atoms with E-state index in [0.717, 1.165) is 23.9 Å². The van der Waals surface area contributed by atoms with Gasteiger partial charge in [0.2, 0.25) is 0 Å². The van der Waals surface area contributed by atoms with Crippen LogP contribution in [0.3, 0.4) is 0 Å². The first kappa shape index (κ1) is 12.1. The molecule has 0 spiro atoms. The van der Waals surface area contributed by atoms with E-state index in [1.807, 2.05) is 35.2 Å². The molecule has 1 aromatic heterocycles. The first-order chi connectivity index (χ1) is 9.28. The Balaban J connectivity index is 1.85. The van der Waals surface area contributed by atoms with Crippen LogP contribution >= 0.6 is 0 Å². The fourth-order valence-electron chi connectivity index (χ4n) is 2.56. The molecule has 0 bridgehead atoms. The highest BCUT2D eigenvalue weighted by atomic mass is 16.3. The molecule has 1 amide bonds. The van der Waals surface area contributed by atoms with E-state index < -0.39 is 0 Å². The summed E-state index contributed by atoms with van der Waals surface area (Å²) in [7, 11) is 0. The number of fused-ring (bicyclic) bond motifs is 1. The smallest absolute Gasteiger partial charge is 0.253 e. The second-order valence-electron chi connectivity index (χ2n) is 5.00. The van der Waals surface area contributed by atoms with Crippen molar-refractivity contribution in [1.29, 1.82) is 0 Å². The molecular weight excluding hydrogens is 240 g/mol. The summed E-state index contributed by atoms with van der Waals surface area (Å²) in [6.45, 7) is 1.54. The molecule has 2 heterocycles. The van der Waals surface area contributed by atoms with Gasteiger partial charge in [0.05, 0.1) is 5.52 Å². The molecule has 1 aromatic carbocycles. The number of likely N-dealkylation sites (tertiary alicyclic amines) is 1. The normalized spacial score (nSPS) is 19.0. The van der Waals surface area contributed by atoms with E-state index in [0.29, 0.717) is 12.1 Å². The first-order valence-corrected chi connectivity index (χ1v) is 6.53. The average Bonchev–Trinajstić information content (AvgIpc) is 2.95. The Bertz CT molecular complexity index is 612. The minimum absolute atomic E-state index is 0.0432. The van der Waals surface area contributed by atoms with Crippen LogP contribution in [0.5, 0.6) is 0 Å². The number of carbonyl (C=O) groups is 1. The van der Waals surface area contributed by atoms with E-state index in [1.165, 1.54) is 0 Å². The van der Waals surface area contributed by atoms with Crippen molar-refractivity contribution in [2.24, 2.45) is 5.92 Å². The molecule has 1 atom stereocenters. The van der Waals surface area contributed by atoms with Gasteiger partial charge in [-0.05, 0) is 30.7 Å². The van der Waals surface area contributed by atoms with Crippen LogP contribution in [0.2, 0.25) is 0 Å². The molecular formula is C15H16N2O2. The maximum absolute atomic E-state index is 12.4. The topological polar surface area (TPSA) is 53.4 Å². The number of rotatable bonds is 2. The monoisotopic (exact) mass is 256 g/mol. The number of hydrogen-bond donors (Lipinski definition) is 1. The molecule has 1 saturated heterocycles. The third-order valence-corrected chi connectivity index (χ3v) is 3.68. The maximum Gasteiger partial charge on any atom is 0.253 e. The molecule has 0 aliphatic carbocycles. The molecule has 1 aliphatic rings. The van der Waals surface area contributed by atoms with Crippen LogP contribution in [0.15, 0.2) is 36.5 Å². The number of carbonyl (C=O) groups excluding carboxylic acids is 1. The van der Waals surface area contributed by atoms with Crippen molar-refractivity contribution in [3.05, 3.63) is 42.1 Å². The van der Waals surface area contributed by atoms with Crippen molar-refractivity contribution in [3.63, 3.8) is 0 Å². The van der Waals surface area contributed by atoms with Gasteiger partial charge in [0.15, 0.2) is 0 Å². The van der Waals surface area contributed by atoms with Gasteiger partial charge < -0.3 is 10.0 Å². The minimum Gasteiger partial charge on any atom is -0.396 e. The average molecular weight is 256 g/mol. The van der Waals surface area contributed by atoms with Crippen LogP contribution in [0, 0.1) is 5.92 Å². The molecule has 4 heteroatoms. The molecule has 0 saturated carbocycles.